The molecule has 0 heterocycles. The molecule has 128 valence electrons. The molecule has 0 aliphatic carbocycles. The van der Waals surface area contributed by atoms with E-state index in [4.69, 9.17) is 10.2 Å². The molecule has 0 aliphatic rings. The van der Waals surface area contributed by atoms with Gasteiger partial charge in [0, 0.05) is 13.3 Å². The number of hydrogen-bond donors (Lipinski definition) is 4. The number of aliphatic carboxylic acids is 2. The van der Waals surface area contributed by atoms with Gasteiger partial charge in [0.1, 0.15) is 11.7 Å². The number of rotatable bonds is 8. The molecule has 1 aromatic carbocycles. The standard InChI is InChI=1S/C16H18N2O6/c1-10(19)17-13(9-11-5-3-2-4-6-11)15(22)18-12(16(23)24)7-8-14(20)21/h2-6,9,12H,7-8H2,1H3,(H,17,19)(H,18,22)(H,20,21)(H,23,24)/b13-9+/t12-/m0/s1. The molecular formula is C16H18N2O6. The molecule has 1 rings (SSSR count). The number of carboxylic acids is 2. The van der Waals surface area contributed by atoms with Crippen molar-refractivity contribution in [3.63, 3.8) is 0 Å². The van der Waals surface area contributed by atoms with Gasteiger partial charge in [-0.15, -0.1) is 0 Å². The Morgan fingerprint density at radius 1 is 1.12 bits per heavy atom. The molecule has 1 aromatic rings. The third kappa shape index (κ3) is 6.73. The SMILES string of the molecule is CC(=O)N/C(=C/c1ccccc1)C(=O)N[C@@H](CCC(=O)O)C(=O)O. The molecule has 8 heteroatoms. The first-order valence-corrected chi connectivity index (χ1v) is 7.09. The first-order valence-electron chi connectivity index (χ1n) is 7.09. The maximum atomic E-state index is 12.2. The predicted molar refractivity (Wildman–Crippen MR) is 84.7 cm³/mol. The van der Waals surface area contributed by atoms with E-state index in [1.165, 1.54) is 13.0 Å². The van der Waals surface area contributed by atoms with Gasteiger partial charge in [0.25, 0.3) is 5.91 Å². The van der Waals surface area contributed by atoms with Gasteiger partial charge in [-0.25, -0.2) is 4.79 Å². The fourth-order valence-electron chi connectivity index (χ4n) is 1.83. The van der Waals surface area contributed by atoms with Crippen LogP contribution in [0.2, 0.25) is 0 Å². The summed E-state index contributed by atoms with van der Waals surface area (Å²) in [5, 5.41) is 22.3. The summed E-state index contributed by atoms with van der Waals surface area (Å²) in [4.78, 5) is 45.2. The number of hydrogen-bond acceptors (Lipinski definition) is 4. The molecule has 0 radical (unpaired) electrons. The molecule has 0 spiro atoms. The minimum Gasteiger partial charge on any atom is -0.481 e. The number of nitrogens with one attached hydrogen (secondary N) is 2. The van der Waals surface area contributed by atoms with Gasteiger partial charge in [-0.05, 0) is 18.1 Å². The van der Waals surface area contributed by atoms with E-state index in [-0.39, 0.29) is 12.1 Å². The Bertz CT molecular complexity index is 654. The van der Waals surface area contributed by atoms with E-state index in [1.807, 2.05) is 0 Å². The molecule has 1 atom stereocenters. The van der Waals surface area contributed by atoms with Crippen LogP contribution in [0.15, 0.2) is 36.0 Å². The second kappa shape index (κ2) is 9.09. The zero-order valence-electron chi connectivity index (χ0n) is 13.0. The van der Waals surface area contributed by atoms with E-state index in [0.29, 0.717) is 5.56 Å². The van der Waals surface area contributed by atoms with Gasteiger partial charge in [0.2, 0.25) is 5.91 Å². The Hall–Kier alpha value is -3.16. The Labute approximate surface area is 138 Å². The van der Waals surface area contributed by atoms with Gasteiger partial charge < -0.3 is 20.8 Å². The summed E-state index contributed by atoms with van der Waals surface area (Å²) in [6.07, 6.45) is 0.719. The second-order valence-corrected chi connectivity index (χ2v) is 4.95. The summed E-state index contributed by atoms with van der Waals surface area (Å²) < 4.78 is 0. The molecular weight excluding hydrogens is 316 g/mol. The van der Waals surface area contributed by atoms with Crippen molar-refractivity contribution in [1.82, 2.24) is 10.6 Å². The van der Waals surface area contributed by atoms with E-state index in [9.17, 15) is 19.2 Å². The van der Waals surface area contributed by atoms with Crippen LogP contribution in [0.1, 0.15) is 25.3 Å². The summed E-state index contributed by atoms with van der Waals surface area (Å²) >= 11 is 0. The first kappa shape index (κ1) is 18.9. The second-order valence-electron chi connectivity index (χ2n) is 4.95. The topological polar surface area (TPSA) is 133 Å². The molecule has 4 N–H and O–H groups in total. The van der Waals surface area contributed by atoms with Crippen molar-refractivity contribution >= 4 is 29.8 Å². The van der Waals surface area contributed by atoms with Gasteiger partial charge in [-0.2, -0.15) is 0 Å². The highest BCUT2D eigenvalue weighted by Crippen LogP contribution is 2.06. The van der Waals surface area contributed by atoms with E-state index in [2.05, 4.69) is 10.6 Å². The van der Waals surface area contributed by atoms with Crippen molar-refractivity contribution in [1.29, 1.82) is 0 Å². The van der Waals surface area contributed by atoms with Gasteiger partial charge in [0.15, 0.2) is 0 Å². The fourth-order valence-corrected chi connectivity index (χ4v) is 1.83. The lowest BCUT2D eigenvalue weighted by molar-refractivity contribution is -0.142. The first-order chi connectivity index (χ1) is 11.3. The Morgan fingerprint density at radius 2 is 1.75 bits per heavy atom. The maximum absolute atomic E-state index is 12.2. The Morgan fingerprint density at radius 3 is 2.25 bits per heavy atom. The van der Waals surface area contributed by atoms with Crippen molar-refractivity contribution < 1.29 is 29.4 Å². The smallest absolute Gasteiger partial charge is 0.326 e. The zero-order chi connectivity index (χ0) is 18.1. The van der Waals surface area contributed by atoms with Gasteiger partial charge >= 0.3 is 11.9 Å². The number of carbonyl (C=O) groups excluding carboxylic acids is 2. The fraction of sp³-hybridized carbons (Fsp3) is 0.250. The van der Waals surface area contributed by atoms with Gasteiger partial charge in [-0.1, -0.05) is 30.3 Å². The average Bonchev–Trinajstić information content (AvgIpc) is 2.50. The van der Waals surface area contributed by atoms with Crippen molar-refractivity contribution in [2.75, 3.05) is 0 Å². The van der Waals surface area contributed by atoms with Crippen molar-refractivity contribution in [2.45, 2.75) is 25.8 Å². The zero-order valence-corrected chi connectivity index (χ0v) is 13.0. The number of carbonyl (C=O) groups is 4. The molecule has 8 nitrogen and oxygen atoms in total. The number of carboxylic acid groups (broad SMARTS) is 2. The lowest BCUT2D eigenvalue weighted by Crippen LogP contribution is -2.44. The van der Waals surface area contributed by atoms with Crippen LogP contribution in [-0.4, -0.2) is 40.0 Å². The van der Waals surface area contributed by atoms with Gasteiger partial charge in [0.05, 0.1) is 0 Å². The molecule has 0 aliphatic heterocycles. The summed E-state index contributed by atoms with van der Waals surface area (Å²) in [5.74, 6) is -3.83. The Balaban J connectivity index is 2.94. The third-order valence-corrected chi connectivity index (χ3v) is 2.92. The number of amides is 2. The molecule has 0 unspecified atom stereocenters. The highest BCUT2D eigenvalue weighted by atomic mass is 16.4. The molecule has 0 bridgehead atoms. The molecule has 0 saturated carbocycles. The molecule has 24 heavy (non-hydrogen) atoms. The molecule has 0 aromatic heterocycles. The summed E-state index contributed by atoms with van der Waals surface area (Å²) in [7, 11) is 0. The minimum absolute atomic E-state index is 0.129. The van der Waals surface area contributed by atoms with Crippen LogP contribution in [0.3, 0.4) is 0 Å². The molecule has 2 amide bonds. The van der Waals surface area contributed by atoms with Crippen LogP contribution in [0.25, 0.3) is 6.08 Å². The van der Waals surface area contributed by atoms with Crippen molar-refractivity contribution in [3.8, 4) is 0 Å². The highest BCUT2D eigenvalue weighted by molar-refractivity contribution is 6.02. The normalized spacial score (nSPS) is 12.1. The van der Waals surface area contributed by atoms with Gasteiger partial charge in [-0.3, -0.25) is 14.4 Å². The number of benzene rings is 1. The monoisotopic (exact) mass is 334 g/mol. The Kier molecular flexibility index (Phi) is 7.15. The van der Waals surface area contributed by atoms with E-state index >= 15 is 0 Å². The van der Waals surface area contributed by atoms with E-state index in [0.717, 1.165) is 0 Å². The lowest BCUT2D eigenvalue weighted by Gasteiger charge is -2.15. The van der Waals surface area contributed by atoms with Crippen LogP contribution < -0.4 is 10.6 Å². The average molecular weight is 334 g/mol. The van der Waals surface area contributed by atoms with Crippen LogP contribution in [0.5, 0.6) is 0 Å². The summed E-state index contributed by atoms with van der Waals surface area (Å²) in [6.45, 7) is 1.21. The van der Waals surface area contributed by atoms with Crippen LogP contribution >= 0.6 is 0 Å². The third-order valence-electron chi connectivity index (χ3n) is 2.92. The van der Waals surface area contributed by atoms with E-state index < -0.39 is 36.2 Å². The van der Waals surface area contributed by atoms with Crippen LogP contribution in [0, 0.1) is 0 Å². The van der Waals surface area contributed by atoms with Crippen LogP contribution in [-0.2, 0) is 19.2 Å². The quantitative estimate of drug-likeness (QED) is 0.515. The highest BCUT2D eigenvalue weighted by Gasteiger charge is 2.23. The van der Waals surface area contributed by atoms with Crippen molar-refractivity contribution in [2.24, 2.45) is 0 Å². The largest absolute Gasteiger partial charge is 0.481 e. The molecule has 0 saturated heterocycles. The maximum Gasteiger partial charge on any atom is 0.326 e. The molecule has 0 fully saturated rings. The van der Waals surface area contributed by atoms with Crippen LogP contribution in [0.4, 0.5) is 0 Å². The minimum atomic E-state index is -1.37. The van der Waals surface area contributed by atoms with E-state index in [1.54, 1.807) is 30.3 Å². The lowest BCUT2D eigenvalue weighted by atomic mass is 10.1. The summed E-state index contributed by atoms with van der Waals surface area (Å²) in [5.41, 5.74) is 0.504. The van der Waals surface area contributed by atoms with Crippen molar-refractivity contribution in [3.05, 3.63) is 41.6 Å². The predicted octanol–water partition coefficient (Wildman–Crippen LogP) is 0.598. The summed E-state index contributed by atoms with van der Waals surface area (Å²) in [6, 6.07) is 7.29.